The van der Waals surface area contributed by atoms with Crippen LogP contribution in [0, 0.1) is 11.3 Å². The van der Waals surface area contributed by atoms with Gasteiger partial charge in [-0.25, -0.2) is 4.57 Å². The van der Waals surface area contributed by atoms with Crippen molar-refractivity contribution in [1.82, 2.24) is 0 Å². The van der Waals surface area contributed by atoms with E-state index in [1.54, 1.807) is 26.5 Å². The number of pyridine rings is 1. The molecule has 0 saturated heterocycles. The Balaban J connectivity index is 0.00000288. The van der Waals surface area contributed by atoms with Gasteiger partial charge in [-0.3, -0.25) is 4.79 Å². The molecule has 0 fully saturated rings. The van der Waals surface area contributed by atoms with Crippen LogP contribution in [0.15, 0.2) is 36.7 Å². The Morgan fingerprint density at radius 1 is 1.21 bits per heavy atom. The van der Waals surface area contributed by atoms with E-state index in [0.29, 0.717) is 29.2 Å². The smallest absolute Gasteiger partial charge is 0.180 e. The highest BCUT2D eigenvalue weighted by molar-refractivity contribution is 5.95. The van der Waals surface area contributed by atoms with Crippen molar-refractivity contribution < 1.29 is 35.8 Å². The summed E-state index contributed by atoms with van der Waals surface area (Å²) in [6, 6.07) is 9.51. The maximum atomic E-state index is 11.6. The lowest BCUT2D eigenvalue weighted by Crippen LogP contribution is -3.00. The van der Waals surface area contributed by atoms with Gasteiger partial charge in [0.15, 0.2) is 36.2 Å². The maximum Gasteiger partial charge on any atom is 0.180 e. The van der Waals surface area contributed by atoms with Gasteiger partial charge in [-0.15, -0.1) is 0 Å². The second-order valence-electron chi connectivity index (χ2n) is 5.12. The zero-order valence-electron chi connectivity index (χ0n) is 13.9. The zero-order chi connectivity index (χ0) is 16.8. The minimum atomic E-state index is -0.109. The number of nitriles is 1. The lowest BCUT2D eigenvalue weighted by Gasteiger charge is -2.09. The van der Waals surface area contributed by atoms with Crippen LogP contribution >= 0.6 is 0 Å². The molecule has 1 aromatic heterocycles. The maximum absolute atomic E-state index is 11.6. The molecule has 0 unspecified atom stereocenters. The van der Waals surface area contributed by atoms with Gasteiger partial charge < -0.3 is 26.5 Å². The van der Waals surface area contributed by atoms with Crippen LogP contribution in [0.3, 0.4) is 0 Å². The van der Waals surface area contributed by atoms with Crippen LogP contribution in [0.5, 0.6) is 11.5 Å². The third-order valence-corrected chi connectivity index (χ3v) is 3.62. The number of aromatic nitrogens is 1. The Bertz CT molecular complexity index is 769. The van der Waals surface area contributed by atoms with Crippen LogP contribution in [0.4, 0.5) is 0 Å². The summed E-state index contributed by atoms with van der Waals surface area (Å²) in [7, 11) is 3.21. The number of carbonyl (C=O) groups excluding carboxylic acids is 1. The highest BCUT2D eigenvalue weighted by atomic mass is 79.9. The number of carbonyl (C=O) groups is 1. The number of hydrogen-bond donors (Lipinski definition) is 0. The molecule has 6 heteroatoms. The van der Waals surface area contributed by atoms with Crippen molar-refractivity contribution in [3.63, 3.8) is 0 Å². The van der Waals surface area contributed by atoms with E-state index in [4.69, 9.17) is 14.7 Å². The Kier molecular flexibility index (Phi) is 7.40. The van der Waals surface area contributed by atoms with E-state index in [2.05, 4.69) is 0 Å². The SMILES string of the molecule is COc1ccc(CC[n+]2ccc(C#N)c(C(C)=O)c2)cc1OC.[Br-]. The number of Topliss-reactive ketones (excluding diaryl/α,β-unsaturated/α-hetero) is 1. The number of ketones is 1. The minimum Gasteiger partial charge on any atom is -1.00 e. The fraction of sp³-hybridized carbons (Fsp3) is 0.278. The quantitative estimate of drug-likeness (QED) is 0.483. The van der Waals surface area contributed by atoms with Gasteiger partial charge in [-0.05, 0) is 24.6 Å². The highest BCUT2D eigenvalue weighted by Gasteiger charge is 2.13. The molecule has 0 spiro atoms. The fourth-order valence-electron chi connectivity index (χ4n) is 2.35. The summed E-state index contributed by atoms with van der Waals surface area (Å²) in [5.41, 5.74) is 1.95. The average molecular weight is 391 g/mol. The second-order valence-corrected chi connectivity index (χ2v) is 5.12. The van der Waals surface area contributed by atoms with Crippen molar-refractivity contribution in [3.05, 3.63) is 53.3 Å². The Labute approximate surface area is 152 Å². The molecule has 0 aliphatic heterocycles. The summed E-state index contributed by atoms with van der Waals surface area (Å²) in [5, 5.41) is 9.04. The normalized spacial score (nSPS) is 9.58. The predicted octanol–water partition coefficient (Wildman–Crippen LogP) is -0.688. The molecule has 126 valence electrons. The largest absolute Gasteiger partial charge is 1.00 e. The molecular formula is C18H19BrN2O3. The van der Waals surface area contributed by atoms with E-state index in [1.807, 2.05) is 35.0 Å². The van der Waals surface area contributed by atoms with Crippen LogP contribution < -0.4 is 31.0 Å². The van der Waals surface area contributed by atoms with Gasteiger partial charge in [-0.1, -0.05) is 6.07 Å². The number of halogens is 1. The first kappa shape index (κ1) is 19.7. The molecule has 0 amide bonds. The summed E-state index contributed by atoms with van der Waals surface area (Å²) >= 11 is 0. The molecule has 0 bridgehead atoms. The van der Waals surface area contributed by atoms with Gasteiger partial charge in [0.05, 0.1) is 25.3 Å². The summed E-state index contributed by atoms with van der Waals surface area (Å²) in [6.07, 6.45) is 4.31. The van der Waals surface area contributed by atoms with Crippen LogP contribution in [0.25, 0.3) is 0 Å². The van der Waals surface area contributed by atoms with Gasteiger partial charge >= 0.3 is 0 Å². The van der Waals surface area contributed by atoms with Gasteiger partial charge in [0.1, 0.15) is 6.07 Å². The number of methoxy groups -OCH3 is 2. The highest BCUT2D eigenvalue weighted by Crippen LogP contribution is 2.27. The van der Waals surface area contributed by atoms with E-state index in [1.165, 1.54) is 6.92 Å². The molecule has 0 N–H and O–H groups in total. The molecule has 2 rings (SSSR count). The molecule has 0 atom stereocenters. The fourth-order valence-corrected chi connectivity index (χ4v) is 2.35. The van der Waals surface area contributed by atoms with E-state index < -0.39 is 0 Å². The number of aryl methyl sites for hydroxylation is 2. The monoisotopic (exact) mass is 390 g/mol. The molecule has 0 radical (unpaired) electrons. The van der Waals surface area contributed by atoms with E-state index in [0.717, 1.165) is 12.0 Å². The first-order valence-electron chi connectivity index (χ1n) is 7.24. The molecule has 2 aromatic rings. The van der Waals surface area contributed by atoms with Crippen molar-refractivity contribution >= 4 is 5.78 Å². The minimum absolute atomic E-state index is 0. The molecule has 0 saturated carbocycles. The Morgan fingerprint density at radius 2 is 1.92 bits per heavy atom. The van der Waals surface area contributed by atoms with Gasteiger partial charge in [0.25, 0.3) is 0 Å². The van der Waals surface area contributed by atoms with Crippen LogP contribution in [-0.4, -0.2) is 20.0 Å². The van der Waals surface area contributed by atoms with Crippen LogP contribution in [0.1, 0.15) is 28.4 Å². The van der Waals surface area contributed by atoms with Gasteiger partial charge in [0, 0.05) is 12.5 Å². The lowest BCUT2D eigenvalue weighted by molar-refractivity contribution is -0.696. The standard InChI is InChI=1S/C18H19N2O3.BrH/c1-13(21)16-12-20(9-7-15(16)11-19)8-6-14-4-5-17(22-2)18(10-14)23-3;/h4-5,7,9-10,12H,6,8H2,1-3H3;1H/q+1;/p-1. The second kappa shape index (κ2) is 9.04. The van der Waals surface area contributed by atoms with Crippen LogP contribution in [-0.2, 0) is 13.0 Å². The average Bonchev–Trinajstić information content (AvgIpc) is 2.59. The van der Waals surface area contributed by atoms with Crippen molar-refractivity contribution in [3.8, 4) is 17.6 Å². The zero-order valence-corrected chi connectivity index (χ0v) is 15.5. The molecule has 1 heterocycles. The summed E-state index contributed by atoms with van der Waals surface area (Å²) in [5.74, 6) is 1.28. The summed E-state index contributed by atoms with van der Waals surface area (Å²) < 4.78 is 12.4. The number of hydrogen-bond acceptors (Lipinski definition) is 4. The molecular weight excluding hydrogens is 372 g/mol. The number of ether oxygens (including phenoxy) is 2. The topological polar surface area (TPSA) is 63.2 Å². The van der Waals surface area contributed by atoms with Crippen molar-refractivity contribution in [2.75, 3.05) is 14.2 Å². The number of nitrogens with zero attached hydrogens (tertiary/aromatic N) is 2. The van der Waals surface area contributed by atoms with Gasteiger partial charge in [-0.2, -0.15) is 5.26 Å². The summed E-state index contributed by atoms with van der Waals surface area (Å²) in [4.78, 5) is 11.6. The summed E-state index contributed by atoms with van der Waals surface area (Å²) in [6.45, 7) is 2.16. The van der Waals surface area contributed by atoms with Gasteiger partial charge in [0.2, 0.25) is 0 Å². The third-order valence-electron chi connectivity index (χ3n) is 3.62. The Hall–Kier alpha value is -2.39. The lowest BCUT2D eigenvalue weighted by atomic mass is 10.1. The van der Waals surface area contributed by atoms with E-state index in [9.17, 15) is 4.79 Å². The molecule has 0 aliphatic rings. The molecule has 0 aliphatic carbocycles. The predicted molar refractivity (Wildman–Crippen MR) is 84.6 cm³/mol. The molecule has 5 nitrogen and oxygen atoms in total. The number of benzene rings is 1. The third kappa shape index (κ3) is 4.56. The Morgan fingerprint density at radius 3 is 2.50 bits per heavy atom. The van der Waals surface area contributed by atoms with Crippen LogP contribution in [0.2, 0.25) is 0 Å². The molecule has 24 heavy (non-hydrogen) atoms. The first-order valence-corrected chi connectivity index (χ1v) is 7.24. The number of rotatable bonds is 6. The van der Waals surface area contributed by atoms with Crippen molar-refractivity contribution in [2.24, 2.45) is 0 Å². The first-order chi connectivity index (χ1) is 11.1. The van der Waals surface area contributed by atoms with Crippen molar-refractivity contribution in [2.45, 2.75) is 19.9 Å². The molecule has 1 aromatic carbocycles. The van der Waals surface area contributed by atoms with Crippen molar-refractivity contribution in [1.29, 1.82) is 5.26 Å². The van der Waals surface area contributed by atoms with E-state index >= 15 is 0 Å². The van der Waals surface area contributed by atoms with E-state index in [-0.39, 0.29) is 22.8 Å².